The molecule has 6 nitrogen and oxygen atoms in total. The number of carboxylic acid groups (broad SMARTS) is 1. The highest BCUT2D eigenvalue weighted by atomic mass is 16.4. The van der Waals surface area contributed by atoms with Gasteiger partial charge in [-0.1, -0.05) is 13.8 Å². The molecule has 0 spiro atoms. The molecule has 1 aromatic rings. The maximum atomic E-state index is 12.4. The Kier molecular flexibility index (Phi) is 3.50. The van der Waals surface area contributed by atoms with Crippen molar-refractivity contribution in [3.63, 3.8) is 0 Å². The summed E-state index contributed by atoms with van der Waals surface area (Å²) in [4.78, 5) is 25.5. The maximum Gasteiger partial charge on any atom is 0.339 e. The van der Waals surface area contributed by atoms with Crippen LogP contribution in [-0.2, 0) is 4.79 Å². The van der Waals surface area contributed by atoms with Gasteiger partial charge in [-0.15, -0.1) is 0 Å². The summed E-state index contributed by atoms with van der Waals surface area (Å²) in [6, 6.07) is 0.185. The Bertz CT molecular complexity index is 612. The van der Waals surface area contributed by atoms with E-state index in [9.17, 15) is 9.59 Å². The molecular formula is C16H23N3O3. The third-order valence-electron chi connectivity index (χ3n) is 5.21. The van der Waals surface area contributed by atoms with E-state index in [1.165, 1.54) is 6.20 Å². The monoisotopic (exact) mass is 305 g/mol. The topological polar surface area (TPSA) is 75.4 Å². The third kappa shape index (κ3) is 2.51. The molecule has 1 N–H and O–H groups in total. The fourth-order valence-corrected chi connectivity index (χ4v) is 3.44. The van der Waals surface area contributed by atoms with Gasteiger partial charge in [0.05, 0.1) is 17.9 Å². The smallest absolute Gasteiger partial charge is 0.339 e. The van der Waals surface area contributed by atoms with Gasteiger partial charge in [-0.3, -0.25) is 9.48 Å². The zero-order valence-corrected chi connectivity index (χ0v) is 13.4. The molecule has 2 heterocycles. The average molecular weight is 305 g/mol. The number of carbonyl (C=O) groups is 2. The number of likely N-dealkylation sites (tertiary alicyclic amines) is 1. The molecule has 0 bridgehead atoms. The lowest BCUT2D eigenvalue weighted by Crippen LogP contribution is -2.40. The van der Waals surface area contributed by atoms with Gasteiger partial charge < -0.3 is 10.0 Å². The van der Waals surface area contributed by atoms with E-state index in [0.717, 1.165) is 32.4 Å². The molecule has 0 unspecified atom stereocenters. The number of nitrogens with zero attached hydrogens (tertiary/aromatic N) is 3. The number of rotatable bonds is 3. The second-order valence-electron chi connectivity index (χ2n) is 7.20. The minimum Gasteiger partial charge on any atom is -0.478 e. The predicted octanol–water partition coefficient (Wildman–Crippen LogP) is 2.10. The summed E-state index contributed by atoms with van der Waals surface area (Å²) in [7, 11) is 0. The number of carbonyl (C=O) groups excluding carboxylic acids is 1. The fraction of sp³-hybridized carbons (Fsp3) is 0.688. The zero-order chi connectivity index (χ0) is 16.1. The molecule has 1 saturated heterocycles. The van der Waals surface area contributed by atoms with Crippen LogP contribution >= 0.6 is 0 Å². The Labute approximate surface area is 130 Å². The van der Waals surface area contributed by atoms with Gasteiger partial charge in [-0.25, -0.2) is 4.79 Å². The summed E-state index contributed by atoms with van der Waals surface area (Å²) in [6.45, 7) is 7.54. The predicted molar refractivity (Wildman–Crippen MR) is 80.7 cm³/mol. The quantitative estimate of drug-likeness (QED) is 0.928. The van der Waals surface area contributed by atoms with Crippen molar-refractivity contribution >= 4 is 11.9 Å². The Hall–Kier alpha value is -1.85. The van der Waals surface area contributed by atoms with Crippen LogP contribution in [0.5, 0.6) is 0 Å². The average Bonchev–Trinajstić information content (AvgIpc) is 2.92. The second kappa shape index (κ2) is 5.11. The fourth-order valence-electron chi connectivity index (χ4n) is 3.44. The van der Waals surface area contributed by atoms with E-state index < -0.39 is 5.97 Å². The maximum absolute atomic E-state index is 12.4. The largest absolute Gasteiger partial charge is 0.478 e. The molecule has 120 valence electrons. The van der Waals surface area contributed by atoms with E-state index in [0.29, 0.717) is 5.69 Å². The number of hydrogen-bond donors (Lipinski definition) is 1. The second-order valence-corrected chi connectivity index (χ2v) is 7.20. The molecule has 22 heavy (non-hydrogen) atoms. The first-order valence-electron chi connectivity index (χ1n) is 7.87. The van der Waals surface area contributed by atoms with Crippen molar-refractivity contribution in [1.29, 1.82) is 0 Å². The summed E-state index contributed by atoms with van der Waals surface area (Å²) in [5, 5.41) is 13.3. The highest BCUT2D eigenvalue weighted by molar-refractivity contribution is 5.88. The van der Waals surface area contributed by atoms with Crippen LogP contribution in [0.4, 0.5) is 0 Å². The molecule has 1 atom stereocenters. The van der Waals surface area contributed by atoms with E-state index in [4.69, 9.17) is 5.11 Å². The number of aromatic carboxylic acids is 1. The van der Waals surface area contributed by atoms with Crippen LogP contribution in [0.25, 0.3) is 0 Å². The number of aromatic nitrogens is 2. The third-order valence-corrected chi connectivity index (χ3v) is 5.21. The molecule has 1 aliphatic carbocycles. The van der Waals surface area contributed by atoms with E-state index in [2.05, 4.69) is 18.9 Å². The van der Waals surface area contributed by atoms with E-state index in [1.807, 2.05) is 9.58 Å². The molecule has 0 aromatic carbocycles. The highest BCUT2D eigenvalue weighted by Gasteiger charge is 2.52. The first-order chi connectivity index (χ1) is 10.3. The van der Waals surface area contributed by atoms with Gasteiger partial charge >= 0.3 is 5.97 Å². The molecular weight excluding hydrogens is 282 g/mol. The molecule has 1 amide bonds. The van der Waals surface area contributed by atoms with Crippen molar-refractivity contribution in [1.82, 2.24) is 14.7 Å². The first-order valence-corrected chi connectivity index (χ1v) is 7.87. The van der Waals surface area contributed by atoms with Crippen LogP contribution in [0, 0.1) is 18.3 Å². The van der Waals surface area contributed by atoms with Crippen molar-refractivity contribution in [2.75, 3.05) is 13.1 Å². The molecule has 1 saturated carbocycles. The van der Waals surface area contributed by atoms with Gasteiger partial charge in [-0.2, -0.15) is 5.10 Å². The Morgan fingerprint density at radius 3 is 2.36 bits per heavy atom. The molecule has 3 rings (SSSR count). The lowest BCUT2D eigenvalue weighted by Gasteiger charge is -2.33. The van der Waals surface area contributed by atoms with E-state index in [1.54, 1.807) is 6.92 Å². The van der Waals surface area contributed by atoms with Crippen molar-refractivity contribution in [2.45, 2.75) is 46.1 Å². The molecule has 2 fully saturated rings. The van der Waals surface area contributed by atoms with Crippen molar-refractivity contribution in [2.24, 2.45) is 11.3 Å². The minimum atomic E-state index is -0.938. The summed E-state index contributed by atoms with van der Waals surface area (Å²) < 4.78 is 1.81. The molecule has 1 aromatic heterocycles. The van der Waals surface area contributed by atoms with Crippen LogP contribution in [0.1, 0.15) is 55.2 Å². The Morgan fingerprint density at radius 1 is 1.32 bits per heavy atom. The standard InChI is InChI=1S/C16H23N3O3/c1-10-12(15(21)22)9-17-19(10)11-4-6-18(7-5-11)14(20)13-8-16(13,2)3/h9,11,13H,4-8H2,1-3H3,(H,21,22)/t13-/m1/s1. The van der Waals surface area contributed by atoms with Gasteiger partial charge in [0, 0.05) is 19.0 Å². The van der Waals surface area contributed by atoms with Gasteiger partial charge in [0.15, 0.2) is 0 Å². The zero-order valence-electron chi connectivity index (χ0n) is 13.4. The van der Waals surface area contributed by atoms with Crippen LogP contribution < -0.4 is 0 Å². The summed E-state index contributed by atoms with van der Waals surface area (Å²) in [5.74, 6) is -0.465. The van der Waals surface area contributed by atoms with Crippen molar-refractivity contribution in [3.05, 3.63) is 17.5 Å². The van der Waals surface area contributed by atoms with E-state index in [-0.39, 0.29) is 28.8 Å². The Balaban J connectivity index is 1.62. The minimum absolute atomic E-state index is 0.170. The van der Waals surface area contributed by atoms with Crippen molar-refractivity contribution in [3.8, 4) is 0 Å². The summed E-state index contributed by atoms with van der Waals surface area (Å²) >= 11 is 0. The van der Waals surface area contributed by atoms with Crippen LogP contribution in [0.3, 0.4) is 0 Å². The lowest BCUT2D eigenvalue weighted by molar-refractivity contribution is -0.134. The number of hydrogen-bond acceptors (Lipinski definition) is 3. The van der Waals surface area contributed by atoms with Gasteiger partial charge in [0.1, 0.15) is 5.56 Å². The molecule has 0 radical (unpaired) electrons. The number of piperidine rings is 1. The number of carboxylic acids is 1. The summed E-state index contributed by atoms with van der Waals surface area (Å²) in [6.07, 6.45) is 4.08. The normalized spacial score (nSPS) is 24.3. The number of amides is 1. The summed E-state index contributed by atoms with van der Waals surface area (Å²) in [5.41, 5.74) is 1.13. The highest BCUT2D eigenvalue weighted by Crippen LogP contribution is 2.52. The van der Waals surface area contributed by atoms with Gasteiger partial charge in [0.2, 0.25) is 5.91 Å². The van der Waals surface area contributed by atoms with E-state index >= 15 is 0 Å². The molecule has 1 aliphatic heterocycles. The molecule has 6 heteroatoms. The van der Waals surface area contributed by atoms with Gasteiger partial charge in [0.25, 0.3) is 0 Å². The van der Waals surface area contributed by atoms with Gasteiger partial charge in [-0.05, 0) is 31.6 Å². The Morgan fingerprint density at radius 2 is 1.91 bits per heavy atom. The lowest BCUT2D eigenvalue weighted by atomic mass is 10.0. The van der Waals surface area contributed by atoms with Crippen LogP contribution in [-0.4, -0.2) is 44.8 Å². The SMILES string of the molecule is Cc1c(C(=O)O)cnn1C1CCN(C(=O)[C@H]2CC2(C)C)CC1. The first kappa shape index (κ1) is 15.1. The van der Waals surface area contributed by atoms with Crippen LogP contribution in [0.15, 0.2) is 6.20 Å². The van der Waals surface area contributed by atoms with Crippen LogP contribution in [0.2, 0.25) is 0 Å². The van der Waals surface area contributed by atoms with Crippen molar-refractivity contribution < 1.29 is 14.7 Å². The molecule has 2 aliphatic rings.